The van der Waals surface area contributed by atoms with Crippen molar-refractivity contribution >= 4 is 11.6 Å². The summed E-state index contributed by atoms with van der Waals surface area (Å²) in [4.78, 5) is 24.2. The molecule has 0 atom stereocenters. The molecule has 0 unspecified atom stereocenters. The van der Waals surface area contributed by atoms with Crippen molar-refractivity contribution in [3.63, 3.8) is 0 Å². The highest BCUT2D eigenvalue weighted by Gasteiger charge is 2.17. The van der Waals surface area contributed by atoms with Crippen LogP contribution in [0.15, 0.2) is 42.5 Å². The zero-order valence-corrected chi connectivity index (χ0v) is 14.5. The Balaban J connectivity index is 2.06. The Hall–Kier alpha value is -3.16. The van der Waals surface area contributed by atoms with Gasteiger partial charge in [0.05, 0.1) is 18.1 Å². The number of nitro benzene ring substituents is 1. The molecule has 0 fully saturated rings. The molecule has 7 nitrogen and oxygen atoms in total. The Morgan fingerprint density at radius 2 is 2.00 bits per heavy atom. The largest absolute Gasteiger partial charge is 0.493 e. The van der Waals surface area contributed by atoms with Gasteiger partial charge in [-0.2, -0.15) is 0 Å². The van der Waals surface area contributed by atoms with Gasteiger partial charge in [-0.1, -0.05) is 12.1 Å². The van der Waals surface area contributed by atoms with Crippen LogP contribution < -0.4 is 9.47 Å². The number of amides is 1. The molecule has 0 radical (unpaired) electrons. The van der Waals surface area contributed by atoms with Crippen LogP contribution in [0.1, 0.15) is 12.5 Å². The maximum Gasteiger partial charge on any atom is 0.273 e. The molecular formula is C18H19FN2O5. The maximum absolute atomic E-state index is 13.3. The Labute approximate surface area is 150 Å². The third-order valence-corrected chi connectivity index (χ3v) is 3.71. The molecule has 2 aromatic rings. The first-order chi connectivity index (χ1) is 12.4. The summed E-state index contributed by atoms with van der Waals surface area (Å²) in [5.41, 5.74) is 0.494. The third kappa shape index (κ3) is 4.92. The van der Waals surface area contributed by atoms with Crippen molar-refractivity contribution in [2.24, 2.45) is 0 Å². The number of benzene rings is 2. The highest BCUT2D eigenvalue weighted by Crippen LogP contribution is 2.31. The van der Waals surface area contributed by atoms with E-state index in [2.05, 4.69) is 0 Å². The number of nitrogens with zero attached hydrogens (tertiary/aromatic N) is 2. The summed E-state index contributed by atoms with van der Waals surface area (Å²) in [6.45, 7) is 2.12. The summed E-state index contributed by atoms with van der Waals surface area (Å²) in [5.74, 6) is -0.303. The fourth-order valence-corrected chi connectivity index (χ4v) is 2.35. The van der Waals surface area contributed by atoms with Crippen molar-refractivity contribution in [2.45, 2.75) is 13.5 Å². The predicted molar refractivity (Wildman–Crippen MR) is 92.6 cm³/mol. The lowest BCUT2D eigenvalue weighted by Crippen LogP contribution is -2.34. The molecule has 0 aliphatic rings. The number of likely N-dealkylation sites (N-methyl/N-ethyl adjacent to an activating group) is 1. The van der Waals surface area contributed by atoms with E-state index < -0.39 is 4.92 Å². The average molecular weight is 362 g/mol. The monoisotopic (exact) mass is 362 g/mol. The topological polar surface area (TPSA) is 81.9 Å². The van der Waals surface area contributed by atoms with Gasteiger partial charge in [0.1, 0.15) is 5.82 Å². The number of carbonyl (C=O) groups is 1. The fraction of sp³-hybridized carbons (Fsp3) is 0.278. The van der Waals surface area contributed by atoms with Crippen molar-refractivity contribution in [3.05, 3.63) is 64.0 Å². The SMILES string of the molecule is CCN(Cc1cccc(F)c1)C(=O)COc1cc([N+](=O)[O-])ccc1OC. The van der Waals surface area contributed by atoms with Gasteiger partial charge in [0, 0.05) is 19.2 Å². The first-order valence-electron chi connectivity index (χ1n) is 7.92. The number of methoxy groups -OCH3 is 1. The lowest BCUT2D eigenvalue weighted by molar-refractivity contribution is -0.385. The van der Waals surface area contributed by atoms with Crippen LogP contribution in [-0.4, -0.2) is 36.0 Å². The quantitative estimate of drug-likeness (QED) is 0.532. The van der Waals surface area contributed by atoms with Gasteiger partial charge in [0.2, 0.25) is 0 Å². The molecule has 0 aromatic heterocycles. The number of non-ortho nitro benzene ring substituents is 1. The number of hydrogen-bond acceptors (Lipinski definition) is 5. The summed E-state index contributed by atoms with van der Waals surface area (Å²) in [6.07, 6.45) is 0. The summed E-state index contributed by atoms with van der Waals surface area (Å²) >= 11 is 0. The lowest BCUT2D eigenvalue weighted by Gasteiger charge is -2.21. The van der Waals surface area contributed by atoms with Gasteiger partial charge in [-0.15, -0.1) is 0 Å². The number of nitro groups is 1. The Morgan fingerprint density at radius 1 is 1.23 bits per heavy atom. The summed E-state index contributed by atoms with van der Waals surface area (Å²) < 4.78 is 23.8. The van der Waals surface area contributed by atoms with E-state index >= 15 is 0 Å². The van der Waals surface area contributed by atoms with Gasteiger partial charge in [0.15, 0.2) is 18.1 Å². The highest BCUT2D eigenvalue weighted by atomic mass is 19.1. The number of halogens is 1. The van der Waals surface area contributed by atoms with Crippen molar-refractivity contribution in [3.8, 4) is 11.5 Å². The van der Waals surface area contributed by atoms with E-state index in [9.17, 15) is 19.3 Å². The van der Waals surface area contributed by atoms with E-state index in [0.29, 0.717) is 12.1 Å². The summed E-state index contributed by atoms with van der Waals surface area (Å²) in [5, 5.41) is 10.9. The normalized spacial score (nSPS) is 10.3. The number of rotatable bonds is 8. The van der Waals surface area contributed by atoms with Crippen LogP contribution in [0, 0.1) is 15.9 Å². The van der Waals surface area contributed by atoms with Crippen LogP contribution in [0.3, 0.4) is 0 Å². The van der Waals surface area contributed by atoms with Crippen LogP contribution in [0.4, 0.5) is 10.1 Å². The Bertz CT molecular complexity index is 797. The van der Waals surface area contributed by atoms with Crippen molar-refractivity contribution in [1.82, 2.24) is 4.90 Å². The minimum Gasteiger partial charge on any atom is -0.493 e. The molecule has 0 saturated carbocycles. The van der Waals surface area contributed by atoms with Gasteiger partial charge in [-0.25, -0.2) is 4.39 Å². The second kappa shape index (κ2) is 8.80. The second-order valence-corrected chi connectivity index (χ2v) is 5.42. The van der Waals surface area contributed by atoms with Gasteiger partial charge in [-0.3, -0.25) is 14.9 Å². The van der Waals surface area contributed by atoms with Gasteiger partial charge in [-0.05, 0) is 30.7 Å². The molecule has 0 aliphatic carbocycles. The van der Waals surface area contributed by atoms with Crippen LogP contribution in [0.25, 0.3) is 0 Å². The zero-order valence-electron chi connectivity index (χ0n) is 14.5. The first-order valence-corrected chi connectivity index (χ1v) is 7.92. The number of ether oxygens (including phenoxy) is 2. The maximum atomic E-state index is 13.3. The van der Waals surface area contributed by atoms with Crippen molar-refractivity contribution in [2.75, 3.05) is 20.3 Å². The molecule has 0 saturated heterocycles. The molecule has 8 heteroatoms. The van der Waals surface area contributed by atoms with Crippen LogP contribution in [0.5, 0.6) is 11.5 Å². The lowest BCUT2D eigenvalue weighted by atomic mass is 10.2. The van der Waals surface area contributed by atoms with Crippen LogP contribution in [-0.2, 0) is 11.3 Å². The smallest absolute Gasteiger partial charge is 0.273 e. The van der Waals surface area contributed by atoms with Crippen molar-refractivity contribution in [1.29, 1.82) is 0 Å². The van der Waals surface area contributed by atoms with Crippen molar-refractivity contribution < 1.29 is 23.6 Å². The van der Waals surface area contributed by atoms with Gasteiger partial charge >= 0.3 is 0 Å². The van der Waals surface area contributed by atoms with Gasteiger partial charge < -0.3 is 14.4 Å². The summed E-state index contributed by atoms with van der Waals surface area (Å²) in [6, 6.07) is 9.89. The van der Waals surface area contributed by atoms with Crippen LogP contribution in [0.2, 0.25) is 0 Å². The first kappa shape index (κ1) is 19.2. The number of hydrogen-bond donors (Lipinski definition) is 0. The number of carbonyl (C=O) groups excluding carboxylic acids is 1. The van der Waals surface area contributed by atoms with Crippen LogP contribution >= 0.6 is 0 Å². The zero-order chi connectivity index (χ0) is 19.1. The van der Waals surface area contributed by atoms with E-state index in [1.807, 2.05) is 0 Å². The van der Waals surface area contributed by atoms with E-state index in [4.69, 9.17) is 9.47 Å². The molecule has 1 amide bonds. The van der Waals surface area contributed by atoms with Gasteiger partial charge in [0.25, 0.3) is 11.6 Å². The minimum atomic E-state index is -0.559. The Morgan fingerprint density at radius 3 is 2.62 bits per heavy atom. The Kier molecular flexibility index (Phi) is 6.48. The second-order valence-electron chi connectivity index (χ2n) is 5.42. The third-order valence-electron chi connectivity index (χ3n) is 3.71. The molecular weight excluding hydrogens is 343 g/mol. The molecule has 2 aromatic carbocycles. The molecule has 0 aliphatic heterocycles. The molecule has 0 spiro atoms. The van der Waals surface area contributed by atoms with E-state index in [-0.39, 0.29) is 42.1 Å². The standard InChI is InChI=1S/C18H19FN2O5/c1-3-20(11-13-5-4-6-14(19)9-13)18(22)12-26-17-10-15(21(23)24)7-8-16(17)25-2/h4-10H,3,11-12H2,1-2H3. The molecule has 0 bridgehead atoms. The van der Waals surface area contributed by atoms with E-state index in [1.54, 1.807) is 19.1 Å². The highest BCUT2D eigenvalue weighted by molar-refractivity contribution is 5.77. The molecule has 138 valence electrons. The molecule has 0 heterocycles. The van der Waals surface area contributed by atoms with E-state index in [0.717, 1.165) is 0 Å². The molecule has 2 rings (SSSR count). The van der Waals surface area contributed by atoms with E-state index in [1.165, 1.54) is 42.3 Å². The average Bonchev–Trinajstić information content (AvgIpc) is 2.63. The summed E-state index contributed by atoms with van der Waals surface area (Å²) in [7, 11) is 1.40. The predicted octanol–water partition coefficient (Wildman–Crippen LogP) is 3.17. The molecule has 0 N–H and O–H groups in total. The molecule has 26 heavy (non-hydrogen) atoms. The minimum absolute atomic E-state index is 0.108. The fourth-order valence-electron chi connectivity index (χ4n) is 2.35.